The van der Waals surface area contributed by atoms with Gasteiger partial charge in [0.1, 0.15) is 0 Å². The molecule has 188 valence electrons. The topological polar surface area (TPSA) is 82.4 Å². The smallest absolute Gasteiger partial charge is 0.282 e. The zero-order valence-electron chi connectivity index (χ0n) is 20.4. The Hall–Kier alpha value is -2.74. The van der Waals surface area contributed by atoms with E-state index < -0.39 is 0 Å². The molecule has 0 atom stereocenters. The number of aromatic nitrogens is 2. The van der Waals surface area contributed by atoms with Crippen molar-refractivity contribution >= 4 is 52.3 Å². The first-order chi connectivity index (χ1) is 16.9. The average Bonchev–Trinajstić information content (AvgIpc) is 3.10. The molecule has 35 heavy (non-hydrogen) atoms. The minimum Gasteiger partial charge on any atom is -0.493 e. The number of hydrogen-bond acceptors (Lipinski definition) is 4. The van der Waals surface area contributed by atoms with Gasteiger partial charge in [-0.15, -0.1) is 0 Å². The summed E-state index contributed by atoms with van der Waals surface area (Å²) in [5.41, 5.74) is 8.42. The van der Waals surface area contributed by atoms with Crippen LogP contribution >= 0.6 is 23.2 Å². The van der Waals surface area contributed by atoms with Crippen molar-refractivity contribution in [2.45, 2.75) is 32.2 Å². The fourth-order valence-corrected chi connectivity index (χ4v) is 4.35. The Balaban J connectivity index is 1.84. The van der Waals surface area contributed by atoms with Crippen LogP contribution in [0.3, 0.4) is 0 Å². The second-order valence-electron chi connectivity index (χ2n) is 8.22. The number of hydrogen-bond donors (Lipinski definition) is 2. The summed E-state index contributed by atoms with van der Waals surface area (Å²) in [4.78, 5) is 11.8. The van der Waals surface area contributed by atoms with Crippen molar-refractivity contribution in [2.75, 3.05) is 27.3 Å². The lowest BCUT2D eigenvalue weighted by atomic mass is 10.1. The minimum atomic E-state index is 0.0493. The van der Waals surface area contributed by atoms with Crippen molar-refractivity contribution < 1.29 is 18.8 Å². The summed E-state index contributed by atoms with van der Waals surface area (Å²) in [7, 11) is 5.26. The molecule has 7 nitrogen and oxygen atoms in total. The number of ether oxygens (including phenoxy) is 2. The van der Waals surface area contributed by atoms with E-state index in [-0.39, 0.29) is 5.91 Å². The highest BCUT2D eigenvalue weighted by atomic mass is 35.5. The standard InChI is InChI=1S/C26H32Cl2N4O3/c1-31-21-16-19(27)20(28)17-22(21)32(14-6-4-5-7-25(33)30-13-12-29)26(31)11-9-18-8-10-23(34-2)24(15-18)35-3/h8-11,15-17H,4-7,12-14,29H2,1-3H3/p+1/b11-9+. The third-order valence-electron chi connectivity index (χ3n) is 5.87. The number of rotatable bonds is 12. The number of nitrogens with zero attached hydrogens (tertiary/aromatic N) is 2. The lowest BCUT2D eigenvalue weighted by Crippen LogP contribution is -2.31. The lowest BCUT2D eigenvalue weighted by molar-refractivity contribution is -0.647. The van der Waals surface area contributed by atoms with Crippen molar-refractivity contribution in [3.63, 3.8) is 0 Å². The van der Waals surface area contributed by atoms with E-state index in [1.54, 1.807) is 14.2 Å². The molecule has 0 unspecified atom stereocenters. The van der Waals surface area contributed by atoms with E-state index in [2.05, 4.69) is 20.5 Å². The first-order valence-corrected chi connectivity index (χ1v) is 12.4. The van der Waals surface area contributed by atoms with Gasteiger partial charge in [0.15, 0.2) is 22.5 Å². The average molecular weight is 520 g/mol. The van der Waals surface area contributed by atoms with E-state index in [0.717, 1.165) is 48.2 Å². The Kier molecular flexibility index (Phi) is 9.83. The number of benzene rings is 2. The Bertz CT molecular complexity index is 1210. The van der Waals surface area contributed by atoms with Gasteiger partial charge in [0, 0.05) is 37.7 Å². The van der Waals surface area contributed by atoms with Crippen LogP contribution in [-0.4, -0.2) is 37.8 Å². The molecule has 1 amide bonds. The number of amides is 1. The summed E-state index contributed by atoms with van der Waals surface area (Å²) in [5.74, 6) is 2.42. The van der Waals surface area contributed by atoms with Crippen LogP contribution in [0.2, 0.25) is 10.0 Å². The number of carbonyl (C=O) groups is 1. The molecule has 0 fully saturated rings. The molecule has 3 rings (SSSR count). The van der Waals surface area contributed by atoms with Crippen LogP contribution in [0.15, 0.2) is 30.3 Å². The van der Waals surface area contributed by atoms with Crippen molar-refractivity contribution in [2.24, 2.45) is 12.8 Å². The van der Waals surface area contributed by atoms with Gasteiger partial charge in [-0.3, -0.25) is 4.79 Å². The lowest BCUT2D eigenvalue weighted by Gasteiger charge is -2.07. The van der Waals surface area contributed by atoms with Gasteiger partial charge >= 0.3 is 0 Å². The van der Waals surface area contributed by atoms with E-state index >= 15 is 0 Å². The summed E-state index contributed by atoms with van der Waals surface area (Å²) in [5, 5.41) is 3.85. The van der Waals surface area contributed by atoms with Gasteiger partial charge in [-0.2, -0.15) is 0 Å². The van der Waals surface area contributed by atoms with Gasteiger partial charge in [0.05, 0.1) is 37.9 Å². The fraction of sp³-hybridized carbons (Fsp3) is 0.385. The molecular weight excluding hydrogens is 487 g/mol. The molecule has 3 N–H and O–H groups in total. The summed E-state index contributed by atoms with van der Waals surface area (Å²) in [6, 6.07) is 9.61. The van der Waals surface area contributed by atoms with Gasteiger partial charge in [-0.25, -0.2) is 9.13 Å². The molecule has 0 radical (unpaired) electrons. The Labute approximate surface area is 216 Å². The maximum atomic E-state index is 11.8. The van der Waals surface area contributed by atoms with Crippen molar-refractivity contribution in [3.8, 4) is 11.5 Å². The minimum absolute atomic E-state index is 0.0493. The third-order valence-corrected chi connectivity index (χ3v) is 6.60. The van der Waals surface area contributed by atoms with Gasteiger partial charge < -0.3 is 20.5 Å². The number of nitrogens with one attached hydrogen (secondary N) is 1. The number of aryl methyl sites for hydroxylation is 2. The molecule has 0 spiro atoms. The van der Waals surface area contributed by atoms with Crippen molar-refractivity contribution in [1.29, 1.82) is 0 Å². The maximum absolute atomic E-state index is 11.8. The predicted molar refractivity (Wildman–Crippen MR) is 142 cm³/mol. The highest BCUT2D eigenvalue weighted by molar-refractivity contribution is 6.42. The summed E-state index contributed by atoms with van der Waals surface area (Å²) in [6.07, 6.45) is 7.30. The van der Waals surface area contributed by atoms with Gasteiger partial charge in [0.2, 0.25) is 5.91 Å². The van der Waals surface area contributed by atoms with Gasteiger partial charge in [0.25, 0.3) is 5.82 Å². The molecule has 0 aliphatic carbocycles. The van der Waals surface area contributed by atoms with Crippen LogP contribution in [0.1, 0.15) is 37.1 Å². The summed E-state index contributed by atoms with van der Waals surface area (Å²) < 4.78 is 15.1. The van der Waals surface area contributed by atoms with Crippen molar-refractivity contribution in [1.82, 2.24) is 9.88 Å². The van der Waals surface area contributed by atoms with Crippen LogP contribution in [0.25, 0.3) is 23.2 Å². The van der Waals surface area contributed by atoms with Crippen LogP contribution in [0.5, 0.6) is 11.5 Å². The van der Waals surface area contributed by atoms with E-state index in [1.165, 1.54) is 0 Å². The number of halogens is 2. The first-order valence-electron chi connectivity index (χ1n) is 11.6. The van der Waals surface area contributed by atoms with E-state index in [0.29, 0.717) is 41.1 Å². The van der Waals surface area contributed by atoms with E-state index in [4.69, 9.17) is 38.4 Å². The second kappa shape index (κ2) is 12.8. The second-order valence-corrected chi connectivity index (χ2v) is 9.04. The summed E-state index contributed by atoms with van der Waals surface area (Å²) >= 11 is 12.7. The number of nitrogens with two attached hydrogens (primary N) is 1. The maximum Gasteiger partial charge on any atom is 0.282 e. The molecular formula is C26H33Cl2N4O3+. The van der Waals surface area contributed by atoms with Gasteiger partial charge in [-0.1, -0.05) is 29.3 Å². The first kappa shape index (κ1) is 26.9. The zero-order valence-corrected chi connectivity index (χ0v) is 22.0. The Morgan fingerprint density at radius 2 is 1.80 bits per heavy atom. The molecule has 0 bridgehead atoms. The largest absolute Gasteiger partial charge is 0.493 e. The molecule has 1 aromatic heterocycles. The third kappa shape index (κ3) is 6.69. The van der Waals surface area contributed by atoms with Crippen LogP contribution in [0.4, 0.5) is 0 Å². The number of methoxy groups -OCH3 is 2. The fourth-order valence-electron chi connectivity index (χ4n) is 4.03. The predicted octanol–water partition coefficient (Wildman–Crippen LogP) is 4.60. The molecule has 0 aliphatic rings. The SMILES string of the molecule is COc1ccc(/C=C/c2n(CCCCCC(=O)NCCN)c3cc(Cl)c(Cl)cc3[n+]2C)cc1OC. The Morgan fingerprint density at radius 3 is 2.51 bits per heavy atom. The van der Waals surface area contributed by atoms with Crippen LogP contribution in [0, 0.1) is 0 Å². The number of fused-ring (bicyclic) bond motifs is 1. The van der Waals surface area contributed by atoms with Crippen LogP contribution in [-0.2, 0) is 18.4 Å². The highest BCUT2D eigenvalue weighted by Gasteiger charge is 2.22. The zero-order chi connectivity index (χ0) is 25.4. The van der Waals surface area contributed by atoms with Gasteiger partial charge in [-0.05, 0) is 43.0 Å². The molecule has 0 saturated heterocycles. The van der Waals surface area contributed by atoms with Crippen LogP contribution < -0.4 is 25.1 Å². The number of unbranched alkanes of at least 4 members (excludes halogenated alkanes) is 2. The normalized spacial score (nSPS) is 11.4. The molecule has 1 heterocycles. The molecule has 0 aliphatic heterocycles. The Morgan fingerprint density at radius 1 is 1.06 bits per heavy atom. The van der Waals surface area contributed by atoms with Crippen molar-refractivity contribution in [3.05, 3.63) is 51.8 Å². The number of imidazole rings is 1. The van der Waals surface area contributed by atoms with E-state index in [1.807, 2.05) is 43.5 Å². The van der Waals surface area contributed by atoms with E-state index in [9.17, 15) is 4.79 Å². The number of carbonyl (C=O) groups excluding carboxylic acids is 1. The highest BCUT2D eigenvalue weighted by Crippen LogP contribution is 2.30. The monoisotopic (exact) mass is 519 g/mol. The molecule has 0 saturated carbocycles. The summed E-state index contributed by atoms with van der Waals surface area (Å²) in [6.45, 7) is 1.75. The molecule has 2 aromatic carbocycles. The molecule has 9 heteroatoms. The quantitative estimate of drug-likeness (QED) is 0.270. The molecule has 3 aromatic rings.